The number of hydrogen-bond acceptors (Lipinski definition) is 4. The van der Waals surface area contributed by atoms with Gasteiger partial charge in [-0.3, -0.25) is 0 Å². The molecule has 9 aromatic carbocycles. The predicted molar refractivity (Wildman–Crippen MR) is 280 cm³/mol. The van der Waals surface area contributed by atoms with Crippen LogP contribution in [-0.4, -0.2) is 24.1 Å². The van der Waals surface area contributed by atoms with Gasteiger partial charge in [-0.2, -0.15) is 57.9 Å². The molecule has 12 aromatic rings. The molecule has 0 amide bonds. The van der Waals surface area contributed by atoms with Crippen molar-refractivity contribution in [2.75, 3.05) is 0 Å². The van der Waals surface area contributed by atoms with Crippen molar-refractivity contribution < 1.29 is 52.7 Å². The van der Waals surface area contributed by atoms with Gasteiger partial charge in [0.25, 0.3) is 0 Å². The van der Waals surface area contributed by atoms with E-state index >= 15 is 0 Å². The molecule has 0 bridgehead atoms. The fraction of sp³-hybridized carbons (Fsp3) is 0.0645. The van der Waals surface area contributed by atoms with Gasteiger partial charge in [0, 0.05) is 43.8 Å². The van der Waals surface area contributed by atoms with Crippen molar-refractivity contribution in [3.8, 4) is 73.9 Å². The average molecular weight is 1090 g/mol. The molecule has 0 saturated carbocycles. The lowest BCUT2D eigenvalue weighted by atomic mass is 9.94. The molecule has 394 valence electrons. The van der Waals surface area contributed by atoms with E-state index in [2.05, 4.69) is 6.07 Å². The van der Waals surface area contributed by atoms with Crippen LogP contribution in [0.1, 0.15) is 27.8 Å². The van der Waals surface area contributed by atoms with Crippen LogP contribution in [0.3, 0.4) is 0 Å². The number of benzene rings is 9. The Morgan fingerprint density at radius 2 is 0.662 bits per heavy atom. The summed E-state index contributed by atoms with van der Waals surface area (Å²) in [7, 11) is 0. The molecule has 0 fully saturated rings. The lowest BCUT2D eigenvalue weighted by Crippen LogP contribution is -2.06. The van der Waals surface area contributed by atoms with Crippen LogP contribution in [-0.2, 0) is 24.7 Å². The summed E-state index contributed by atoms with van der Waals surface area (Å²) in [6, 6.07) is 47.4. The summed E-state index contributed by atoms with van der Waals surface area (Å²) in [5, 5.41) is 9.28. The van der Waals surface area contributed by atoms with E-state index in [9.17, 15) is 57.9 Å². The van der Waals surface area contributed by atoms with E-state index in [1.165, 1.54) is 21.3 Å². The zero-order chi connectivity index (χ0) is 56.0. The number of hydrogen-bond donors (Lipinski definition) is 0. The lowest BCUT2D eigenvalue weighted by Gasteiger charge is -2.19. The molecule has 0 aliphatic carbocycles. The van der Waals surface area contributed by atoms with Crippen LogP contribution in [0.4, 0.5) is 52.7 Å². The van der Waals surface area contributed by atoms with Crippen molar-refractivity contribution in [1.29, 1.82) is 5.26 Å². The first-order valence-electron chi connectivity index (χ1n) is 24.2. The fourth-order valence-corrected chi connectivity index (χ4v) is 10.2. The molecule has 18 heteroatoms. The number of fused-ring (bicyclic) bond motifs is 6. The number of nitriles is 1. The summed E-state index contributed by atoms with van der Waals surface area (Å²) in [5.74, 6) is 0.345. The molecular formula is C62H32F12N6. The smallest absolute Gasteiger partial charge is 0.309 e. The van der Waals surface area contributed by atoms with Crippen molar-refractivity contribution in [2.45, 2.75) is 24.7 Å². The van der Waals surface area contributed by atoms with Crippen LogP contribution in [0.2, 0.25) is 0 Å². The van der Waals surface area contributed by atoms with Crippen LogP contribution in [0.25, 0.3) is 111 Å². The van der Waals surface area contributed by atoms with E-state index < -0.39 is 47.0 Å². The monoisotopic (exact) mass is 1090 g/mol. The second-order valence-electron chi connectivity index (χ2n) is 18.8. The summed E-state index contributed by atoms with van der Waals surface area (Å²) >= 11 is 0. The van der Waals surface area contributed by atoms with E-state index in [4.69, 9.17) is 15.0 Å². The normalized spacial score (nSPS) is 12.5. The molecule has 0 spiro atoms. The van der Waals surface area contributed by atoms with E-state index in [-0.39, 0.29) is 78.0 Å². The van der Waals surface area contributed by atoms with E-state index in [1.54, 1.807) is 121 Å². The largest absolute Gasteiger partial charge is 0.416 e. The average Bonchev–Trinajstić information content (AvgIpc) is 3.44. The highest BCUT2D eigenvalue weighted by Crippen LogP contribution is 2.46. The Morgan fingerprint density at radius 1 is 0.312 bits per heavy atom. The Bertz CT molecular complexity index is 4290. The Hall–Kier alpha value is -9.76. The van der Waals surface area contributed by atoms with Crippen molar-refractivity contribution in [1.82, 2.24) is 24.1 Å². The van der Waals surface area contributed by atoms with Gasteiger partial charge in [-0.05, 0) is 126 Å². The van der Waals surface area contributed by atoms with Gasteiger partial charge in [-0.15, -0.1) is 0 Å². The Labute approximate surface area is 444 Å². The molecule has 12 rings (SSSR count). The summed E-state index contributed by atoms with van der Waals surface area (Å²) in [4.78, 5) is 14.8. The van der Waals surface area contributed by atoms with Crippen molar-refractivity contribution in [3.05, 3.63) is 222 Å². The molecule has 6 nitrogen and oxygen atoms in total. The van der Waals surface area contributed by atoms with Gasteiger partial charge in [0.05, 0.1) is 67.3 Å². The second-order valence-corrected chi connectivity index (χ2v) is 18.8. The molecule has 3 heterocycles. The highest BCUT2D eigenvalue weighted by molar-refractivity contribution is 6.12. The SMILES string of the molecule is N#Cc1cccc(-c2ccc(-n3c4ccc(C(F)(F)F)cc4c4cc(C(F)(F)F)ccc43)c(-c3ccc(-n4c5ccc(C(F)(F)F)cc5c5cc(C(F)(F)F)ccc54)c(-c4nc(-c5ccccc5)nc(-c5ccccc5)n4)c3)c2)c1. The molecule has 0 N–H and O–H groups in total. The van der Waals surface area contributed by atoms with Crippen LogP contribution in [0.5, 0.6) is 0 Å². The minimum Gasteiger partial charge on any atom is -0.309 e. The van der Waals surface area contributed by atoms with Gasteiger partial charge in [-0.1, -0.05) is 84.9 Å². The van der Waals surface area contributed by atoms with Gasteiger partial charge in [0.1, 0.15) is 0 Å². The number of rotatable bonds is 7. The van der Waals surface area contributed by atoms with Crippen molar-refractivity contribution in [2.24, 2.45) is 0 Å². The zero-order valence-corrected chi connectivity index (χ0v) is 40.7. The third-order valence-corrected chi connectivity index (χ3v) is 13.9. The maximum absolute atomic E-state index is 14.5. The topological polar surface area (TPSA) is 72.3 Å². The Kier molecular flexibility index (Phi) is 11.9. The molecule has 80 heavy (non-hydrogen) atoms. The zero-order valence-electron chi connectivity index (χ0n) is 40.7. The van der Waals surface area contributed by atoms with Crippen LogP contribution in [0.15, 0.2) is 194 Å². The Balaban J connectivity index is 1.21. The molecule has 0 radical (unpaired) electrons. The Morgan fingerprint density at radius 3 is 1.06 bits per heavy atom. The third-order valence-electron chi connectivity index (χ3n) is 13.9. The van der Waals surface area contributed by atoms with Gasteiger partial charge < -0.3 is 9.13 Å². The molecule has 3 aromatic heterocycles. The van der Waals surface area contributed by atoms with E-state index in [0.29, 0.717) is 38.9 Å². The molecule has 0 aliphatic heterocycles. The van der Waals surface area contributed by atoms with Crippen molar-refractivity contribution >= 4 is 43.6 Å². The number of aromatic nitrogens is 5. The molecule has 0 atom stereocenters. The number of halogens is 12. The third kappa shape index (κ3) is 9.09. The fourth-order valence-electron chi connectivity index (χ4n) is 10.2. The number of nitrogens with zero attached hydrogens (tertiary/aromatic N) is 6. The maximum Gasteiger partial charge on any atom is 0.416 e. The van der Waals surface area contributed by atoms with Crippen molar-refractivity contribution in [3.63, 3.8) is 0 Å². The van der Waals surface area contributed by atoms with E-state index in [1.807, 2.05) is 0 Å². The highest BCUT2D eigenvalue weighted by Gasteiger charge is 2.36. The first-order valence-corrected chi connectivity index (χ1v) is 24.2. The molecular weight excluding hydrogens is 1060 g/mol. The van der Waals surface area contributed by atoms with Gasteiger partial charge >= 0.3 is 24.7 Å². The van der Waals surface area contributed by atoms with Crippen LogP contribution < -0.4 is 0 Å². The minimum absolute atomic E-state index is 0.0148. The maximum atomic E-state index is 14.5. The van der Waals surface area contributed by atoms with Crippen LogP contribution >= 0.6 is 0 Å². The molecule has 0 aliphatic rings. The standard InChI is InChI=1S/C62H32F12N6/c63-59(64,65)40-16-22-51-45(29-40)46-30-41(60(66,67)68)17-23-52(46)79(51)50-20-14-38(37-13-7-8-34(26-37)33-75)27-44(50)39-15-21-55(49(28-39)58-77-56(35-9-3-1-4-10-35)76-57(78-58)36-11-5-2-6-12-36)80-53-24-18-42(61(69,70)71)31-47(53)48-32-43(62(72,73)74)19-25-54(48)80/h1-32H. The summed E-state index contributed by atoms with van der Waals surface area (Å²) in [5.41, 5.74) is -0.381. The lowest BCUT2D eigenvalue weighted by molar-refractivity contribution is -0.138. The van der Waals surface area contributed by atoms with Gasteiger partial charge in [0.15, 0.2) is 17.5 Å². The first-order chi connectivity index (χ1) is 38.1. The minimum atomic E-state index is -4.89. The quantitative estimate of drug-likeness (QED) is 0.149. The van der Waals surface area contributed by atoms with Crippen LogP contribution in [0, 0.1) is 11.3 Å². The van der Waals surface area contributed by atoms with Gasteiger partial charge in [0.2, 0.25) is 0 Å². The highest BCUT2D eigenvalue weighted by atomic mass is 19.4. The summed E-state index contributed by atoms with van der Waals surface area (Å²) < 4.78 is 176. The predicted octanol–water partition coefficient (Wildman–Crippen LogP) is 18.3. The molecule has 0 unspecified atom stereocenters. The first kappa shape index (κ1) is 51.0. The van der Waals surface area contributed by atoms with Gasteiger partial charge in [-0.25, -0.2) is 15.0 Å². The second kappa shape index (κ2) is 18.7. The number of alkyl halides is 12. The van der Waals surface area contributed by atoms with E-state index in [0.717, 1.165) is 60.7 Å². The summed E-state index contributed by atoms with van der Waals surface area (Å²) in [6.45, 7) is 0. The summed E-state index contributed by atoms with van der Waals surface area (Å²) in [6.07, 6.45) is -19.5. The molecule has 0 saturated heterocycles.